The van der Waals surface area contributed by atoms with Crippen LogP contribution in [-0.2, 0) is 0 Å². The van der Waals surface area contributed by atoms with Crippen LogP contribution < -0.4 is 4.74 Å². The number of imidazole rings is 1. The summed E-state index contributed by atoms with van der Waals surface area (Å²) in [5, 5.41) is 9.72. The Morgan fingerprint density at radius 3 is 2.62 bits per heavy atom. The van der Waals surface area contributed by atoms with Crippen molar-refractivity contribution in [2.45, 2.75) is 46.1 Å². The zero-order valence-electron chi connectivity index (χ0n) is 18.3. The summed E-state index contributed by atoms with van der Waals surface area (Å²) in [6.07, 6.45) is 6.52. The number of aromatic nitrogens is 4. The summed E-state index contributed by atoms with van der Waals surface area (Å²) in [6.45, 7) is 6.76. The van der Waals surface area contributed by atoms with Gasteiger partial charge in [0.25, 0.3) is 0 Å². The summed E-state index contributed by atoms with van der Waals surface area (Å²) in [7, 11) is 0. The lowest BCUT2D eigenvalue weighted by atomic mass is 9.75. The van der Waals surface area contributed by atoms with Gasteiger partial charge in [-0.1, -0.05) is 38.4 Å². The first-order valence-corrected chi connectivity index (χ1v) is 11.2. The Morgan fingerprint density at radius 1 is 1.25 bits per heavy atom. The van der Waals surface area contributed by atoms with Crippen molar-refractivity contribution in [1.29, 1.82) is 5.26 Å². The number of aromatic amines is 1. The Balaban J connectivity index is 1.54. The van der Waals surface area contributed by atoms with E-state index in [4.69, 9.17) is 16.3 Å². The molecule has 166 valence electrons. The van der Waals surface area contributed by atoms with Gasteiger partial charge in [0, 0.05) is 18.0 Å². The Bertz CT molecular complexity index is 1120. The summed E-state index contributed by atoms with van der Waals surface area (Å²) < 4.78 is 20.4. The van der Waals surface area contributed by atoms with E-state index >= 15 is 0 Å². The lowest BCUT2D eigenvalue weighted by molar-refractivity contribution is 0.0583. The van der Waals surface area contributed by atoms with Gasteiger partial charge in [-0.3, -0.25) is 0 Å². The molecule has 0 spiro atoms. The predicted molar refractivity (Wildman–Crippen MR) is 120 cm³/mol. The molecule has 8 heteroatoms. The Morgan fingerprint density at radius 2 is 2.00 bits per heavy atom. The van der Waals surface area contributed by atoms with E-state index in [-0.39, 0.29) is 28.2 Å². The average molecular weight is 454 g/mol. The van der Waals surface area contributed by atoms with Crippen LogP contribution in [0.15, 0.2) is 30.6 Å². The van der Waals surface area contributed by atoms with E-state index < -0.39 is 5.82 Å². The van der Waals surface area contributed by atoms with Crippen molar-refractivity contribution in [3.8, 4) is 34.7 Å². The number of nitriles is 1. The molecular weight excluding hydrogens is 429 g/mol. The zero-order valence-corrected chi connectivity index (χ0v) is 19.0. The Kier molecular flexibility index (Phi) is 6.43. The van der Waals surface area contributed by atoms with E-state index in [9.17, 15) is 9.65 Å². The van der Waals surface area contributed by atoms with Crippen molar-refractivity contribution in [1.82, 2.24) is 19.9 Å². The Hall–Kier alpha value is -2.98. The third-order valence-electron chi connectivity index (χ3n) is 6.26. The molecule has 2 aromatic heterocycles. The molecule has 32 heavy (non-hydrogen) atoms. The van der Waals surface area contributed by atoms with E-state index in [2.05, 4.69) is 40.7 Å². The third-order valence-corrected chi connectivity index (χ3v) is 6.57. The molecule has 3 aromatic rings. The number of hydrogen-bond donors (Lipinski definition) is 1. The van der Waals surface area contributed by atoms with Crippen LogP contribution in [0, 0.1) is 34.9 Å². The molecule has 1 saturated carbocycles. The minimum atomic E-state index is -0.524. The lowest BCUT2D eigenvalue weighted by Gasteiger charge is -2.35. The number of halogens is 2. The molecule has 2 heterocycles. The molecule has 0 saturated heterocycles. The number of nitrogens with zero attached hydrogens (tertiary/aromatic N) is 4. The van der Waals surface area contributed by atoms with Crippen LogP contribution in [0.1, 0.15) is 45.7 Å². The molecule has 0 radical (unpaired) electrons. The molecular formula is C24H25ClFN5O. The number of nitrogens with one attached hydrogen (secondary N) is 1. The largest absolute Gasteiger partial charge is 0.460 e. The topological polar surface area (TPSA) is 87.5 Å². The van der Waals surface area contributed by atoms with Crippen LogP contribution in [0.4, 0.5) is 4.39 Å². The van der Waals surface area contributed by atoms with Gasteiger partial charge in [-0.25, -0.2) is 19.3 Å². The molecule has 3 unspecified atom stereocenters. The fraction of sp³-hybridized carbons (Fsp3) is 0.417. The van der Waals surface area contributed by atoms with E-state index in [1.54, 1.807) is 18.5 Å². The summed E-state index contributed by atoms with van der Waals surface area (Å²) >= 11 is 6.14. The fourth-order valence-electron chi connectivity index (χ4n) is 4.34. The van der Waals surface area contributed by atoms with Crippen molar-refractivity contribution in [2.24, 2.45) is 17.8 Å². The predicted octanol–water partition coefficient (Wildman–Crippen LogP) is 6.04. The smallest absolute Gasteiger partial charge is 0.316 e. The maximum Gasteiger partial charge on any atom is 0.316 e. The quantitative estimate of drug-likeness (QED) is 0.509. The summed E-state index contributed by atoms with van der Waals surface area (Å²) in [5.74, 6) is 1.50. The minimum Gasteiger partial charge on any atom is -0.460 e. The first kappa shape index (κ1) is 22.2. The molecule has 1 aromatic carbocycles. The molecule has 4 rings (SSSR count). The second-order valence-corrected chi connectivity index (χ2v) is 9.13. The first-order valence-electron chi connectivity index (χ1n) is 10.8. The second-order valence-electron chi connectivity index (χ2n) is 8.72. The molecule has 1 aliphatic carbocycles. The summed E-state index contributed by atoms with van der Waals surface area (Å²) in [6, 6.07) is 6.71. The number of hydrogen-bond acceptors (Lipinski definition) is 5. The van der Waals surface area contributed by atoms with Crippen molar-refractivity contribution < 1.29 is 9.13 Å². The number of H-pyrrole nitrogens is 1. The maximum absolute atomic E-state index is 14.3. The molecule has 3 atom stereocenters. The van der Waals surface area contributed by atoms with Gasteiger partial charge < -0.3 is 9.72 Å². The second kappa shape index (κ2) is 9.25. The van der Waals surface area contributed by atoms with Crippen LogP contribution in [0.3, 0.4) is 0 Å². The van der Waals surface area contributed by atoms with Crippen molar-refractivity contribution in [3.05, 3.63) is 47.1 Å². The summed E-state index contributed by atoms with van der Waals surface area (Å²) in [5.41, 5.74) is 1.18. The molecule has 1 aliphatic rings. The third kappa shape index (κ3) is 4.46. The minimum absolute atomic E-state index is 0.0903. The highest BCUT2D eigenvalue weighted by atomic mass is 35.5. The average Bonchev–Trinajstić information content (AvgIpc) is 3.19. The highest BCUT2D eigenvalue weighted by Crippen LogP contribution is 2.35. The van der Waals surface area contributed by atoms with Gasteiger partial charge in [0.15, 0.2) is 5.69 Å². The maximum atomic E-state index is 14.3. The van der Waals surface area contributed by atoms with Gasteiger partial charge in [0.05, 0.1) is 16.3 Å². The van der Waals surface area contributed by atoms with E-state index in [0.717, 1.165) is 25.2 Å². The number of rotatable bonds is 5. The van der Waals surface area contributed by atoms with E-state index in [1.165, 1.54) is 12.1 Å². The first-order chi connectivity index (χ1) is 15.4. The van der Waals surface area contributed by atoms with Gasteiger partial charge in [-0.15, -0.1) is 0 Å². The molecule has 0 amide bonds. The number of benzene rings is 1. The molecule has 0 bridgehead atoms. The molecule has 0 aliphatic heterocycles. The van der Waals surface area contributed by atoms with Crippen LogP contribution in [-0.4, -0.2) is 26.0 Å². The van der Waals surface area contributed by atoms with Crippen LogP contribution >= 0.6 is 11.6 Å². The molecule has 6 nitrogen and oxygen atoms in total. The van der Waals surface area contributed by atoms with Crippen molar-refractivity contribution >= 4 is 11.6 Å². The van der Waals surface area contributed by atoms with Crippen LogP contribution in [0.25, 0.3) is 22.6 Å². The Labute approximate surface area is 191 Å². The van der Waals surface area contributed by atoms with Crippen molar-refractivity contribution in [2.75, 3.05) is 0 Å². The molecule has 1 N–H and O–H groups in total. The summed E-state index contributed by atoms with van der Waals surface area (Å²) in [4.78, 5) is 15.9. The zero-order chi connectivity index (χ0) is 22.8. The van der Waals surface area contributed by atoms with Crippen LogP contribution in [0.5, 0.6) is 6.01 Å². The molecule has 1 fully saturated rings. The normalized spacial score (nSPS) is 20.8. The lowest BCUT2D eigenvalue weighted by Crippen LogP contribution is -2.34. The SMILES string of the molecule is CC(C)C1CCC(Oc2ncc(-c3[nH]c(-c4c(F)cccc4Cl)nc3C#N)cn2)C(C)C1. The van der Waals surface area contributed by atoms with Crippen LogP contribution in [0.2, 0.25) is 5.02 Å². The van der Waals surface area contributed by atoms with Gasteiger partial charge in [-0.05, 0) is 49.1 Å². The fourth-order valence-corrected chi connectivity index (χ4v) is 4.59. The van der Waals surface area contributed by atoms with Crippen molar-refractivity contribution in [3.63, 3.8) is 0 Å². The van der Waals surface area contributed by atoms with Gasteiger partial charge in [0.2, 0.25) is 0 Å². The monoisotopic (exact) mass is 453 g/mol. The number of ether oxygens (including phenoxy) is 1. The van der Waals surface area contributed by atoms with Gasteiger partial charge in [-0.2, -0.15) is 5.26 Å². The van der Waals surface area contributed by atoms with E-state index in [1.807, 2.05) is 6.07 Å². The highest BCUT2D eigenvalue weighted by Gasteiger charge is 2.31. The van der Waals surface area contributed by atoms with Gasteiger partial charge in [0.1, 0.15) is 23.8 Å². The van der Waals surface area contributed by atoms with Gasteiger partial charge >= 0.3 is 6.01 Å². The van der Waals surface area contributed by atoms with E-state index in [0.29, 0.717) is 29.1 Å². The highest BCUT2D eigenvalue weighted by molar-refractivity contribution is 6.33. The standard InChI is InChI=1S/C24H25ClFN5O/c1-13(2)15-7-8-20(14(3)9-15)32-24-28-11-16(12-29-24)22-19(10-27)30-23(31-22)21-17(25)5-4-6-18(21)26/h4-6,11-15,20H,7-9H2,1-3H3,(H,30,31).